The largest absolute Gasteiger partial charge is 0.511 e. The highest BCUT2D eigenvalue weighted by Crippen LogP contribution is 2.10. The molecule has 0 radical (unpaired) electrons. The van der Waals surface area contributed by atoms with Crippen LogP contribution in [-0.4, -0.2) is 16.2 Å². The molecular formula is C10H14O3. The van der Waals surface area contributed by atoms with E-state index in [1.54, 1.807) is 32.1 Å². The first-order valence-electron chi connectivity index (χ1n) is 4.01. The Morgan fingerprint density at radius 3 is 2.23 bits per heavy atom. The van der Waals surface area contributed by atoms with Gasteiger partial charge in [0.1, 0.15) is 11.7 Å². The third-order valence-corrected chi connectivity index (χ3v) is 1.43. The van der Waals surface area contributed by atoms with Gasteiger partial charge >= 0.3 is 5.97 Å². The van der Waals surface area contributed by atoms with E-state index >= 15 is 0 Å². The van der Waals surface area contributed by atoms with Gasteiger partial charge < -0.3 is 10.2 Å². The van der Waals surface area contributed by atoms with Gasteiger partial charge in [0.25, 0.3) is 0 Å². The van der Waals surface area contributed by atoms with E-state index in [1.165, 1.54) is 12.2 Å². The van der Waals surface area contributed by atoms with Crippen molar-refractivity contribution in [2.45, 2.75) is 13.8 Å². The molecule has 0 spiro atoms. The Hall–Kier alpha value is -1.51. The first-order chi connectivity index (χ1) is 6.13. The number of hydrogen-bond acceptors (Lipinski definition) is 2. The smallest absolute Gasteiger partial charge is 0.318 e. The monoisotopic (exact) mass is 182 g/mol. The molecular weight excluding hydrogens is 168 g/mol. The summed E-state index contributed by atoms with van der Waals surface area (Å²) < 4.78 is 0. The molecule has 0 fully saturated rings. The lowest BCUT2D eigenvalue weighted by Crippen LogP contribution is -2.13. The van der Waals surface area contributed by atoms with Gasteiger partial charge in [-0.05, 0) is 19.9 Å². The second kappa shape index (κ2) is 6.06. The van der Waals surface area contributed by atoms with Crippen LogP contribution >= 0.6 is 0 Å². The van der Waals surface area contributed by atoms with E-state index in [-0.39, 0.29) is 5.76 Å². The average Bonchev–Trinajstić information content (AvgIpc) is 2.09. The summed E-state index contributed by atoms with van der Waals surface area (Å²) in [6.45, 7) is 3.49. The van der Waals surface area contributed by atoms with Crippen molar-refractivity contribution in [3.63, 3.8) is 0 Å². The predicted octanol–water partition coefficient (Wildman–Crippen LogP) is 2.28. The van der Waals surface area contributed by atoms with Crippen molar-refractivity contribution < 1.29 is 15.0 Å². The van der Waals surface area contributed by atoms with Gasteiger partial charge in [-0.2, -0.15) is 0 Å². The van der Waals surface area contributed by atoms with Gasteiger partial charge in [-0.15, -0.1) is 0 Å². The number of aliphatic carboxylic acids is 1. The van der Waals surface area contributed by atoms with Gasteiger partial charge in [0.15, 0.2) is 0 Å². The molecule has 0 heterocycles. The minimum Gasteiger partial charge on any atom is -0.511 e. The molecule has 13 heavy (non-hydrogen) atoms. The SMILES string of the molecule is CC=CC=C(O)C(C=CC)C(=O)O. The predicted molar refractivity (Wildman–Crippen MR) is 51.5 cm³/mol. The molecule has 0 aromatic carbocycles. The summed E-state index contributed by atoms with van der Waals surface area (Å²) >= 11 is 0. The second-order valence-electron chi connectivity index (χ2n) is 2.46. The molecule has 1 unspecified atom stereocenters. The zero-order chi connectivity index (χ0) is 10.3. The maximum Gasteiger partial charge on any atom is 0.318 e. The number of aliphatic hydroxyl groups is 1. The summed E-state index contributed by atoms with van der Waals surface area (Å²) in [6, 6.07) is 0. The Balaban J connectivity index is 4.64. The quantitative estimate of drug-likeness (QED) is 0.398. The van der Waals surface area contributed by atoms with E-state index < -0.39 is 11.9 Å². The Kier molecular flexibility index (Phi) is 5.35. The summed E-state index contributed by atoms with van der Waals surface area (Å²) in [5.41, 5.74) is 0. The lowest BCUT2D eigenvalue weighted by molar-refractivity contribution is -0.139. The highest BCUT2D eigenvalue weighted by atomic mass is 16.4. The maximum absolute atomic E-state index is 10.6. The van der Waals surface area contributed by atoms with E-state index in [1.807, 2.05) is 0 Å². The van der Waals surface area contributed by atoms with Crippen LogP contribution in [0.4, 0.5) is 0 Å². The van der Waals surface area contributed by atoms with Crippen LogP contribution in [0.15, 0.2) is 36.1 Å². The molecule has 72 valence electrons. The van der Waals surface area contributed by atoms with E-state index in [2.05, 4.69) is 0 Å². The summed E-state index contributed by atoms with van der Waals surface area (Å²) in [6.07, 6.45) is 7.70. The van der Waals surface area contributed by atoms with Crippen LogP contribution in [0.3, 0.4) is 0 Å². The molecule has 0 saturated heterocycles. The molecule has 0 saturated carbocycles. The molecule has 3 heteroatoms. The number of aliphatic hydroxyl groups excluding tert-OH is 1. The van der Waals surface area contributed by atoms with Gasteiger partial charge in [-0.3, -0.25) is 4.79 Å². The minimum absolute atomic E-state index is 0.163. The van der Waals surface area contributed by atoms with Crippen LogP contribution in [-0.2, 0) is 4.79 Å². The number of rotatable bonds is 4. The lowest BCUT2D eigenvalue weighted by atomic mass is 10.1. The van der Waals surface area contributed by atoms with Crippen LogP contribution in [0.2, 0.25) is 0 Å². The lowest BCUT2D eigenvalue weighted by Gasteiger charge is -2.04. The van der Waals surface area contributed by atoms with Crippen LogP contribution < -0.4 is 0 Å². The van der Waals surface area contributed by atoms with Gasteiger partial charge in [0.05, 0.1) is 0 Å². The van der Waals surface area contributed by atoms with Crippen molar-refractivity contribution >= 4 is 5.97 Å². The van der Waals surface area contributed by atoms with Crippen molar-refractivity contribution in [3.8, 4) is 0 Å². The molecule has 2 N–H and O–H groups in total. The Morgan fingerprint density at radius 1 is 1.23 bits per heavy atom. The number of allylic oxidation sites excluding steroid dienone is 4. The van der Waals surface area contributed by atoms with Crippen molar-refractivity contribution in [1.29, 1.82) is 0 Å². The van der Waals surface area contributed by atoms with E-state index in [0.717, 1.165) is 0 Å². The molecule has 0 aromatic heterocycles. The van der Waals surface area contributed by atoms with Crippen LogP contribution in [0.1, 0.15) is 13.8 Å². The molecule has 0 aliphatic heterocycles. The van der Waals surface area contributed by atoms with Crippen LogP contribution in [0.25, 0.3) is 0 Å². The fourth-order valence-electron chi connectivity index (χ4n) is 0.798. The number of carboxylic acid groups (broad SMARTS) is 1. The summed E-state index contributed by atoms with van der Waals surface area (Å²) in [7, 11) is 0. The highest BCUT2D eigenvalue weighted by Gasteiger charge is 2.17. The topological polar surface area (TPSA) is 57.5 Å². The highest BCUT2D eigenvalue weighted by molar-refractivity contribution is 5.75. The van der Waals surface area contributed by atoms with Crippen molar-refractivity contribution in [2.24, 2.45) is 5.92 Å². The second-order valence-corrected chi connectivity index (χ2v) is 2.46. The normalized spacial score (nSPS) is 15.4. The third kappa shape index (κ3) is 4.15. The minimum atomic E-state index is -1.06. The zero-order valence-electron chi connectivity index (χ0n) is 7.77. The zero-order valence-corrected chi connectivity index (χ0v) is 7.77. The summed E-state index contributed by atoms with van der Waals surface area (Å²) in [5, 5.41) is 18.0. The molecule has 0 aliphatic carbocycles. The van der Waals surface area contributed by atoms with E-state index in [4.69, 9.17) is 5.11 Å². The molecule has 0 amide bonds. The first-order valence-corrected chi connectivity index (χ1v) is 4.01. The molecule has 0 aliphatic rings. The van der Waals surface area contributed by atoms with Gasteiger partial charge in [0, 0.05) is 0 Å². The van der Waals surface area contributed by atoms with Crippen molar-refractivity contribution in [1.82, 2.24) is 0 Å². The van der Waals surface area contributed by atoms with Crippen molar-refractivity contribution in [3.05, 3.63) is 36.1 Å². The summed E-state index contributed by atoms with van der Waals surface area (Å²) in [5.74, 6) is -2.17. The number of carbonyl (C=O) groups is 1. The molecule has 3 nitrogen and oxygen atoms in total. The van der Waals surface area contributed by atoms with Gasteiger partial charge in [0.2, 0.25) is 0 Å². The fourth-order valence-corrected chi connectivity index (χ4v) is 0.798. The Morgan fingerprint density at radius 2 is 1.85 bits per heavy atom. The van der Waals surface area contributed by atoms with Gasteiger partial charge in [-0.25, -0.2) is 0 Å². The average molecular weight is 182 g/mol. The standard InChI is InChI=1S/C10H14O3/c1-3-5-7-9(11)8(6-4-2)10(12)13/h3-8,11H,1-2H3,(H,12,13). The van der Waals surface area contributed by atoms with Crippen molar-refractivity contribution in [2.75, 3.05) is 0 Å². The molecule has 0 bridgehead atoms. The van der Waals surface area contributed by atoms with Crippen LogP contribution in [0, 0.1) is 5.92 Å². The van der Waals surface area contributed by atoms with Crippen LogP contribution in [0.5, 0.6) is 0 Å². The number of hydrogen-bond donors (Lipinski definition) is 2. The Labute approximate surface area is 77.7 Å². The first kappa shape index (κ1) is 11.5. The molecule has 0 aromatic rings. The third-order valence-electron chi connectivity index (χ3n) is 1.43. The fraction of sp³-hybridized carbons (Fsp3) is 0.300. The molecule has 1 atom stereocenters. The number of carboxylic acids is 1. The van der Waals surface area contributed by atoms with E-state index in [9.17, 15) is 9.90 Å². The van der Waals surface area contributed by atoms with Gasteiger partial charge in [-0.1, -0.05) is 24.3 Å². The summed E-state index contributed by atoms with van der Waals surface area (Å²) in [4.78, 5) is 10.6. The van der Waals surface area contributed by atoms with E-state index in [0.29, 0.717) is 0 Å². The Bertz CT molecular complexity index is 249. The molecule has 0 rings (SSSR count). The maximum atomic E-state index is 10.6.